The second-order valence-corrected chi connectivity index (χ2v) is 4.28. The Morgan fingerprint density at radius 2 is 1.71 bits per heavy atom. The van der Waals surface area contributed by atoms with Gasteiger partial charge >= 0.3 is 6.18 Å². The van der Waals surface area contributed by atoms with E-state index in [4.69, 9.17) is 0 Å². The van der Waals surface area contributed by atoms with Gasteiger partial charge in [0.2, 0.25) is 0 Å². The monoisotopic (exact) mass is 206 g/mol. The molecule has 0 aliphatic rings. The Morgan fingerprint density at radius 3 is 2.00 bits per heavy atom. The second kappa shape index (κ2) is 3.00. The minimum absolute atomic E-state index is 0.213. The highest BCUT2D eigenvalue weighted by Crippen LogP contribution is 2.36. The van der Waals surface area contributed by atoms with Crippen LogP contribution in [0.25, 0.3) is 0 Å². The lowest BCUT2D eigenvalue weighted by Gasteiger charge is -2.21. The molecule has 5 heteroatoms. The van der Waals surface area contributed by atoms with Crippen LogP contribution in [0.1, 0.15) is 32.0 Å². The minimum Gasteiger partial charge on any atom is -0.271 e. The van der Waals surface area contributed by atoms with E-state index in [1.54, 1.807) is 20.8 Å². The van der Waals surface area contributed by atoms with E-state index in [2.05, 4.69) is 5.10 Å². The standard InChI is InChI=1S/C9H13F3N2/c1-8(2,3)7-6(9(10,11)12)5-13-14(7)4/h5H,1-4H3. The summed E-state index contributed by atoms with van der Waals surface area (Å²) in [6, 6.07) is 0. The zero-order valence-corrected chi connectivity index (χ0v) is 8.61. The predicted octanol–water partition coefficient (Wildman–Crippen LogP) is 2.74. The topological polar surface area (TPSA) is 17.8 Å². The summed E-state index contributed by atoms with van der Waals surface area (Å²) < 4.78 is 38.9. The first-order chi connectivity index (χ1) is 6.14. The van der Waals surface area contributed by atoms with Gasteiger partial charge in [0.05, 0.1) is 17.5 Å². The van der Waals surface area contributed by atoms with Crippen LogP contribution in [0.2, 0.25) is 0 Å². The van der Waals surface area contributed by atoms with Crippen LogP contribution in [0.3, 0.4) is 0 Å². The summed E-state index contributed by atoms with van der Waals surface area (Å²) in [5.74, 6) is 0. The molecule has 1 heterocycles. The fourth-order valence-electron chi connectivity index (χ4n) is 1.53. The summed E-state index contributed by atoms with van der Waals surface area (Å²) in [4.78, 5) is 0. The molecule has 1 rings (SSSR count). The van der Waals surface area contributed by atoms with Gasteiger partial charge in [0.1, 0.15) is 0 Å². The summed E-state index contributed by atoms with van der Waals surface area (Å²) >= 11 is 0. The number of aryl methyl sites for hydroxylation is 1. The lowest BCUT2D eigenvalue weighted by Crippen LogP contribution is -2.21. The van der Waals surface area contributed by atoms with Gasteiger partial charge in [0.25, 0.3) is 0 Å². The first kappa shape index (κ1) is 11.1. The third-order valence-electron chi connectivity index (χ3n) is 1.95. The van der Waals surface area contributed by atoms with Gasteiger partial charge in [-0.3, -0.25) is 4.68 Å². The maximum Gasteiger partial charge on any atom is 0.419 e. The summed E-state index contributed by atoms with van der Waals surface area (Å²) in [6.07, 6.45) is -3.45. The molecule has 1 aromatic heterocycles. The third-order valence-corrected chi connectivity index (χ3v) is 1.95. The van der Waals surface area contributed by atoms with Gasteiger partial charge in [-0.2, -0.15) is 18.3 Å². The first-order valence-corrected chi connectivity index (χ1v) is 4.23. The zero-order valence-electron chi connectivity index (χ0n) is 8.61. The highest BCUT2D eigenvalue weighted by Gasteiger charge is 2.39. The highest BCUT2D eigenvalue weighted by atomic mass is 19.4. The molecule has 0 saturated heterocycles. The normalized spacial score (nSPS) is 13.4. The average molecular weight is 206 g/mol. The van der Waals surface area contributed by atoms with Crippen molar-refractivity contribution < 1.29 is 13.2 Å². The van der Waals surface area contributed by atoms with E-state index in [0.29, 0.717) is 0 Å². The van der Waals surface area contributed by atoms with E-state index in [9.17, 15) is 13.2 Å². The van der Waals surface area contributed by atoms with Crippen LogP contribution in [0.5, 0.6) is 0 Å². The zero-order chi connectivity index (χ0) is 11.1. The predicted molar refractivity (Wildman–Crippen MR) is 46.9 cm³/mol. The Kier molecular flexibility index (Phi) is 2.37. The molecule has 0 spiro atoms. The van der Waals surface area contributed by atoms with Crippen molar-refractivity contribution in [2.75, 3.05) is 0 Å². The van der Waals surface area contributed by atoms with Crippen molar-refractivity contribution in [2.45, 2.75) is 32.4 Å². The van der Waals surface area contributed by atoms with E-state index < -0.39 is 17.2 Å². The Bertz CT molecular complexity index is 331. The van der Waals surface area contributed by atoms with E-state index in [-0.39, 0.29) is 5.69 Å². The number of alkyl halides is 3. The smallest absolute Gasteiger partial charge is 0.271 e. The number of nitrogens with zero attached hydrogens (tertiary/aromatic N) is 2. The molecule has 0 N–H and O–H groups in total. The first-order valence-electron chi connectivity index (χ1n) is 4.23. The average Bonchev–Trinajstić information content (AvgIpc) is 2.27. The molecule has 0 amide bonds. The van der Waals surface area contributed by atoms with Gasteiger partial charge in [-0.05, 0) is 0 Å². The molecule has 0 fully saturated rings. The SMILES string of the molecule is Cn1ncc(C(F)(F)F)c1C(C)(C)C. The fraction of sp³-hybridized carbons (Fsp3) is 0.667. The number of halogens is 3. The lowest BCUT2D eigenvalue weighted by molar-refractivity contribution is -0.138. The Hall–Kier alpha value is -1.00. The van der Waals surface area contributed by atoms with Crippen LogP contribution >= 0.6 is 0 Å². The van der Waals surface area contributed by atoms with Crippen molar-refractivity contribution in [3.05, 3.63) is 17.5 Å². The third kappa shape index (κ3) is 1.91. The van der Waals surface area contributed by atoms with E-state index >= 15 is 0 Å². The molecule has 0 bridgehead atoms. The maximum atomic E-state index is 12.5. The van der Waals surface area contributed by atoms with Crippen LogP contribution < -0.4 is 0 Å². The minimum atomic E-state index is -4.32. The van der Waals surface area contributed by atoms with Crippen molar-refractivity contribution in [2.24, 2.45) is 7.05 Å². The highest BCUT2D eigenvalue weighted by molar-refractivity contribution is 5.27. The number of hydrogen-bond donors (Lipinski definition) is 0. The molecule has 0 aromatic carbocycles. The number of hydrogen-bond acceptors (Lipinski definition) is 1. The molecule has 0 aliphatic carbocycles. The quantitative estimate of drug-likeness (QED) is 0.638. The van der Waals surface area contributed by atoms with Crippen LogP contribution in [0.4, 0.5) is 13.2 Å². The summed E-state index contributed by atoms with van der Waals surface area (Å²) in [5, 5.41) is 3.65. The summed E-state index contributed by atoms with van der Waals surface area (Å²) in [7, 11) is 1.52. The van der Waals surface area contributed by atoms with Crippen LogP contribution in [-0.4, -0.2) is 9.78 Å². The Balaban J connectivity index is 3.35. The molecule has 0 unspecified atom stereocenters. The Labute approximate surface area is 80.7 Å². The van der Waals surface area contributed by atoms with E-state index in [1.165, 1.54) is 11.7 Å². The van der Waals surface area contributed by atoms with Gasteiger partial charge in [0, 0.05) is 12.5 Å². The molecule has 0 saturated carbocycles. The maximum absolute atomic E-state index is 12.5. The molecular weight excluding hydrogens is 193 g/mol. The fourth-order valence-corrected chi connectivity index (χ4v) is 1.53. The molecule has 0 atom stereocenters. The van der Waals surface area contributed by atoms with Gasteiger partial charge < -0.3 is 0 Å². The Morgan fingerprint density at radius 1 is 1.21 bits per heavy atom. The molecule has 80 valence electrons. The molecule has 0 aliphatic heterocycles. The second-order valence-electron chi connectivity index (χ2n) is 4.28. The summed E-state index contributed by atoms with van der Waals surface area (Å²) in [6.45, 7) is 5.21. The van der Waals surface area contributed by atoms with Crippen molar-refractivity contribution in [1.82, 2.24) is 9.78 Å². The van der Waals surface area contributed by atoms with Crippen molar-refractivity contribution in [3.63, 3.8) is 0 Å². The molecule has 2 nitrogen and oxygen atoms in total. The van der Waals surface area contributed by atoms with E-state index in [1.807, 2.05) is 0 Å². The van der Waals surface area contributed by atoms with Gasteiger partial charge in [-0.25, -0.2) is 0 Å². The number of aromatic nitrogens is 2. The van der Waals surface area contributed by atoms with Gasteiger partial charge in [0.15, 0.2) is 0 Å². The van der Waals surface area contributed by atoms with E-state index in [0.717, 1.165) is 6.20 Å². The van der Waals surface area contributed by atoms with Gasteiger partial charge in [-0.1, -0.05) is 20.8 Å². The van der Waals surface area contributed by atoms with Crippen molar-refractivity contribution in [1.29, 1.82) is 0 Å². The number of rotatable bonds is 0. The molecular formula is C9H13F3N2. The lowest BCUT2D eigenvalue weighted by atomic mass is 9.89. The largest absolute Gasteiger partial charge is 0.419 e. The van der Waals surface area contributed by atoms with Crippen LogP contribution in [-0.2, 0) is 18.6 Å². The van der Waals surface area contributed by atoms with Crippen LogP contribution in [0, 0.1) is 0 Å². The molecule has 1 aromatic rings. The summed E-state index contributed by atoms with van der Waals surface area (Å²) in [5.41, 5.74) is -0.992. The van der Waals surface area contributed by atoms with Crippen LogP contribution in [0.15, 0.2) is 6.20 Å². The van der Waals surface area contributed by atoms with Gasteiger partial charge in [-0.15, -0.1) is 0 Å². The molecule has 0 radical (unpaired) electrons. The van der Waals surface area contributed by atoms with Crippen molar-refractivity contribution in [3.8, 4) is 0 Å². The molecule has 14 heavy (non-hydrogen) atoms. The van der Waals surface area contributed by atoms with Crippen molar-refractivity contribution >= 4 is 0 Å².